The van der Waals surface area contributed by atoms with Crippen LogP contribution in [0.15, 0.2) is 24.3 Å². The largest absolute Gasteiger partial charge is 0.382 e. The van der Waals surface area contributed by atoms with E-state index in [1.54, 1.807) is 18.2 Å². The van der Waals surface area contributed by atoms with Crippen LogP contribution in [0, 0.1) is 0 Å². The molecule has 0 aromatic heterocycles. The van der Waals surface area contributed by atoms with Crippen molar-refractivity contribution in [1.29, 1.82) is 0 Å². The molecule has 0 bridgehead atoms. The van der Waals surface area contributed by atoms with Gasteiger partial charge in [0.05, 0.1) is 36.8 Å². The molecule has 118 valence electrons. The Bertz CT molecular complexity index is 559. The maximum Gasteiger partial charge on any atom is 0.253 e. The second kappa shape index (κ2) is 8.60. The van der Waals surface area contributed by atoms with E-state index >= 15 is 0 Å². The molecule has 7 nitrogen and oxygen atoms in total. The second-order valence-electron chi connectivity index (χ2n) is 4.15. The van der Waals surface area contributed by atoms with Crippen molar-refractivity contribution in [3.05, 3.63) is 29.8 Å². The van der Waals surface area contributed by atoms with Crippen LogP contribution in [0.5, 0.6) is 0 Å². The van der Waals surface area contributed by atoms with Gasteiger partial charge in [-0.15, -0.1) is 0 Å². The van der Waals surface area contributed by atoms with E-state index in [2.05, 4.69) is 10.0 Å². The van der Waals surface area contributed by atoms with Crippen molar-refractivity contribution >= 4 is 21.6 Å². The van der Waals surface area contributed by atoms with Gasteiger partial charge in [0.2, 0.25) is 10.0 Å². The third-order valence-corrected chi connectivity index (χ3v) is 3.83. The van der Waals surface area contributed by atoms with Crippen molar-refractivity contribution in [2.45, 2.75) is 0 Å². The van der Waals surface area contributed by atoms with Gasteiger partial charge in [0.1, 0.15) is 0 Å². The van der Waals surface area contributed by atoms with Crippen LogP contribution < -0.4 is 10.0 Å². The molecule has 8 heteroatoms. The van der Waals surface area contributed by atoms with Crippen LogP contribution in [0.1, 0.15) is 10.4 Å². The molecular formula is C13H20N2O5S. The number of methoxy groups -OCH3 is 1. The summed E-state index contributed by atoms with van der Waals surface area (Å²) in [4.78, 5) is 11.7. The van der Waals surface area contributed by atoms with Crippen LogP contribution in [0.3, 0.4) is 0 Å². The molecule has 1 aromatic rings. The summed E-state index contributed by atoms with van der Waals surface area (Å²) in [6.45, 7) is 0.800. The number of anilines is 1. The van der Waals surface area contributed by atoms with Gasteiger partial charge in [-0.3, -0.25) is 9.52 Å². The average Bonchev–Trinajstić information content (AvgIpc) is 2.46. The van der Waals surface area contributed by atoms with Crippen LogP contribution in [0.4, 0.5) is 5.69 Å². The lowest BCUT2D eigenvalue weighted by molar-refractivity contribution is 0.0785. The first-order chi connectivity index (χ1) is 10.00. The molecule has 0 fully saturated rings. The van der Waals surface area contributed by atoms with E-state index < -0.39 is 10.0 Å². The third-order valence-electron chi connectivity index (χ3n) is 2.59. The molecule has 0 spiro atoms. The number of carbonyl (C=O) groups excluding carboxylic acids is 1. The number of rotatable bonds is 9. The molecule has 0 radical (unpaired) electrons. The SMILES string of the molecule is CNC(=O)c1ccccc1NS(=O)(=O)CCOCCOC. The number of hydrogen-bond acceptors (Lipinski definition) is 5. The number of para-hydroxylation sites is 1. The summed E-state index contributed by atoms with van der Waals surface area (Å²) in [5.41, 5.74) is 0.512. The zero-order valence-electron chi connectivity index (χ0n) is 12.1. The highest BCUT2D eigenvalue weighted by molar-refractivity contribution is 7.92. The predicted octanol–water partition coefficient (Wildman–Crippen LogP) is 0.451. The number of amides is 1. The number of hydrogen-bond donors (Lipinski definition) is 2. The predicted molar refractivity (Wildman–Crippen MR) is 79.9 cm³/mol. The van der Waals surface area contributed by atoms with E-state index in [1.807, 2.05) is 0 Å². The molecule has 0 atom stereocenters. The summed E-state index contributed by atoms with van der Waals surface area (Å²) in [6.07, 6.45) is 0. The Morgan fingerprint density at radius 1 is 1.19 bits per heavy atom. The number of benzene rings is 1. The summed E-state index contributed by atoms with van der Waals surface area (Å²) in [7, 11) is -0.559. The molecule has 0 saturated carbocycles. The van der Waals surface area contributed by atoms with Crippen molar-refractivity contribution in [3.8, 4) is 0 Å². The summed E-state index contributed by atoms with van der Waals surface area (Å²) in [6, 6.07) is 6.40. The van der Waals surface area contributed by atoms with E-state index in [4.69, 9.17) is 9.47 Å². The molecule has 21 heavy (non-hydrogen) atoms. The first-order valence-electron chi connectivity index (χ1n) is 6.38. The van der Waals surface area contributed by atoms with E-state index in [0.29, 0.717) is 13.2 Å². The fraction of sp³-hybridized carbons (Fsp3) is 0.462. The number of sulfonamides is 1. The van der Waals surface area contributed by atoms with Crippen molar-refractivity contribution in [2.24, 2.45) is 0 Å². The van der Waals surface area contributed by atoms with Crippen LogP contribution in [-0.2, 0) is 19.5 Å². The molecule has 0 heterocycles. The smallest absolute Gasteiger partial charge is 0.253 e. The standard InChI is InChI=1S/C13H20N2O5S/c1-14-13(16)11-5-3-4-6-12(11)15-21(17,18)10-9-20-8-7-19-2/h3-6,15H,7-10H2,1-2H3,(H,14,16). The Morgan fingerprint density at radius 3 is 2.57 bits per heavy atom. The van der Waals surface area contributed by atoms with Crippen LogP contribution >= 0.6 is 0 Å². The number of carbonyl (C=O) groups is 1. The van der Waals surface area contributed by atoms with Gasteiger partial charge in [0, 0.05) is 14.2 Å². The molecule has 2 N–H and O–H groups in total. The molecule has 1 rings (SSSR count). The Morgan fingerprint density at radius 2 is 1.90 bits per heavy atom. The first kappa shape index (κ1) is 17.4. The van der Waals surface area contributed by atoms with E-state index in [-0.39, 0.29) is 29.5 Å². The topological polar surface area (TPSA) is 93.7 Å². The Hall–Kier alpha value is -1.64. The summed E-state index contributed by atoms with van der Waals surface area (Å²) >= 11 is 0. The van der Waals surface area contributed by atoms with Gasteiger partial charge < -0.3 is 14.8 Å². The fourth-order valence-corrected chi connectivity index (χ4v) is 2.49. The van der Waals surface area contributed by atoms with Crippen LogP contribution in [0.2, 0.25) is 0 Å². The molecule has 0 aliphatic heterocycles. The number of nitrogens with one attached hydrogen (secondary N) is 2. The Labute approximate surface area is 124 Å². The van der Waals surface area contributed by atoms with Crippen molar-refractivity contribution < 1.29 is 22.7 Å². The quantitative estimate of drug-likeness (QED) is 0.645. The van der Waals surface area contributed by atoms with Gasteiger partial charge in [-0.05, 0) is 12.1 Å². The third kappa shape index (κ3) is 6.11. The zero-order chi connectivity index (χ0) is 15.7. The Kier molecular flexibility index (Phi) is 7.13. The molecule has 0 saturated heterocycles. The molecule has 0 aliphatic carbocycles. The zero-order valence-corrected chi connectivity index (χ0v) is 12.9. The highest BCUT2D eigenvalue weighted by Crippen LogP contribution is 2.16. The highest BCUT2D eigenvalue weighted by atomic mass is 32.2. The monoisotopic (exact) mass is 316 g/mol. The van der Waals surface area contributed by atoms with Gasteiger partial charge in [-0.1, -0.05) is 12.1 Å². The van der Waals surface area contributed by atoms with E-state index in [1.165, 1.54) is 20.2 Å². The van der Waals surface area contributed by atoms with Crippen molar-refractivity contribution in [1.82, 2.24) is 5.32 Å². The lowest BCUT2D eigenvalue weighted by atomic mass is 10.2. The summed E-state index contributed by atoms with van der Waals surface area (Å²) in [5, 5.41) is 2.46. The van der Waals surface area contributed by atoms with E-state index in [0.717, 1.165) is 0 Å². The second-order valence-corrected chi connectivity index (χ2v) is 5.99. The minimum absolute atomic E-state index is 0.0564. The lowest BCUT2D eigenvalue weighted by Gasteiger charge is -2.11. The normalized spacial score (nSPS) is 11.1. The minimum atomic E-state index is -3.58. The maximum atomic E-state index is 11.9. The lowest BCUT2D eigenvalue weighted by Crippen LogP contribution is -2.24. The summed E-state index contributed by atoms with van der Waals surface area (Å²) in [5.74, 6) is -0.552. The van der Waals surface area contributed by atoms with Crippen molar-refractivity contribution in [3.63, 3.8) is 0 Å². The van der Waals surface area contributed by atoms with Gasteiger partial charge in [-0.25, -0.2) is 8.42 Å². The maximum absolute atomic E-state index is 11.9. The fourth-order valence-electron chi connectivity index (χ4n) is 1.54. The van der Waals surface area contributed by atoms with Crippen LogP contribution in [-0.4, -0.2) is 54.1 Å². The Balaban J connectivity index is 2.65. The van der Waals surface area contributed by atoms with Gasteiger partial charge >= 0.3 is 0 Å². The first-order valence-corrected chi connectivity index (χ1v) is 8.03. The van der Waals surface area contributed by atoms with Crippen molar-refractivity contribution in [2.75, 3.05) is 44.5 Å². The van der Waals surface area contributed by atoms with Crippen LogP contribution in [0.25, 0.3) is 0 Å². The minimum Gasteiger partial charge on any atom is -0.382 e. The molecule has 1 aromatic carbocycles. The van der Waals surface area contributed by atoms with E-state index in [9.17, 15) is 13.2 Å². The molecule has 0 unspecified atom stereocenters. The number of ether oxygens (including phenoxy) is 2. The average molecular weight is 316 g/mol. The van der Waals surface area contributed by atoms with Gasteiger partial charge in [0.25, 0.3) is 5.91 Å². The van der Waals surface area contributed by atoms with Gasteiger partial charge in [0.15, 0.2) is 0 Å². The summed E-state index contributed by atoms with van der Waals surface area (Å²) < 4.78 is 36.2. The highest BCUT2D eigenvalue weighted by Gasteiger charge is 2.15. The molecule has 0 aliphatic rings. The van der Waals surface area contributed by atoms with Gasteiger partial charge in [-0.2, -0.15) is 0 Å². The molecular weight excluding hydrogens is 296 g/mol. The molecule has 1 amide bonds.